The highest BCUT2D eigenvalue weighted by Crippen LogP contribution is 2.08. The van der Waals surface area contributed by atoms with Gasteiger partial charge in [-0.15, -0.1) is 0 Å². The summed E-state index contributed by atoms with van der Waals surface area (Å²) in [5, 5.41) is 13.1. The SMILES string of the molecule is Cc1cccc(CNCC(O)COC(C)CC(C)C)c1. The van der Waals surface area contributed by atoms with Crippen molar-refractivity contribution >= 4 is 0 Å². The molecule has 0 heterocycles. The maximum atomic E-state index is 9.88. The highest BCUT2D eigenvalue weighted by atomic mass is 16.5. The Kier molecular flexibility index (Phi) is 7.82. The van der Waals surface area contributed by atoms with E-state index in [0.29, 0.717) is 19.1 Å². The first-order valence-corrected chi connectivity index (χ1v) is 7.53. The first-order chi connectivity index (χ1) is 9.47. The monoisotopic (exact) mass is 279 g/mol. The molecule has 0 saturated heterocycles. The van der Waals surface area contributed by atoms with Gasteiger partial charge < -0.3 is 15.2 Å². The van der Waals surface area contributed by atoms with Crippen LogP contribution in [0, 0.1) is 12.8 Å². The summed E-state index contributed by atoms with van der Waals surface area (Å²) in [6, 6.07) is 8.38. The Morgan fingerprint density at radius 1 is 1.25 bits per heavy atom. The lowest BCUT2D eigenvalue weighted by Gasteiger charge is -2.18. The normalized spacial score (nSPS) is 14.5. The molecule has 1 aromatic carbocycles. The van der Waals surface area contributed by atoms with E-state index in [9.17, 15) is 5.11 Å². The lowest BCUT2D eigenvalue weighted by molar-refractivity contribution is -0.00857. The van der Waals surface area contributed by atoms with Crippen molar-refractivity contribution in [2.75, 3.05) is 13.2 Å². The molecule has 114 valence electrons. The van der Waals surface area contributed by atoms with Crippen LogP contribution in [0.4, 0.5) is 0 Å². The van der Waals surface area contributed by atoms with Crippen LogP contribution in [0.15, 0.2) is 24.3 Å². The molecule has 0 aromatic heterocycles. The average Bonchev–Trinajstić information content (AvgIpc) is 2.36. The number of nitrogens with one attached hydrogen (secondary N) is 1. The van der Waals surface area contributed by atoms with E-state index in [1.165, 1.54) is 11.1 Å². The van der Waals surface area contributed by atoms with Crippen LogP contribution in [0.1, 0.15) is 38.3 Å². The van der Waals surface area contributed by atoms with Gasteiger partial charge in [0, 0.05) is 13.1 Å². The van der Waals surface area contributed by atoms with E-state index in [0.717, 1.165) is 13.0 Å². The third-order valence-corrected chi connectivity index (χ3v) is 3.17. The molecule has 1 rings (SSSR count). The zero-order valence-corrected chi connectivity index (χ0v) is 13.2. The van der Waals surface area contributed by atoms with Crippen molar-refractivity contribution < 1.29 is 9.84 Å². The molecule has 2 atom stereocenters. The summed E-state index contributed by atoms with van der Waals surface area (Å²) < 4.78 is 5.65. The van der Waals surface area contributed by atoms with Gasteiger partial charge in [-0.1, -0.05) is 43.7 Å². The Bertz CT molecular complexity index is 379. The lowest BCUT2D eigenvalue weighted by atomic mass is 10.1. The maximum absolute atomic E-state index is 9.88. The molecule has 0 amide bonds. The van der Waals surface area contributed by atoms with E-state index in [1.54, 1.807) is 0 Å². The summed E-state index contributed by atoms with van der Waals surface area (Å²) in [5.74, 6) is 0.626. The minimum atomic E-state index is -0.450. The van der Waals surface area contributed by atoms with Crippen LogP contribution in [0.5, 0.6) is 0 Å². The highest BCUT2D eigenvalue weighted by Gasteiger charge is 2.09. The molecule has 0 fully saturated rings. The minimum absolute atomic E-state index is 0.210. The molecule has 1 aromatic rings. The first-order valence-electron chi connectivity index (χ1n) is 7.53. The van der Waals surface area contributed by atoms with Gasteiger partial charge in [0.05, 0.1) is 18.8 Å². The zero-order chi connectivity index (χ0) is 15.0. The van der Waals surface area contributed by atoms with Gasteiger partial charge in [0.15, 0.2) is 0 Å². The van der Waals surface area contributed by atoms with E-state index >= 15 is 0 Å². The number of hydrogen-bond donors (Lipinski definition) is 2. The Labute approximate surface area is 123 Å². The summed E-state index contributed by atoms with van der Waals surface area (Å²) >= 11 is 0. The third-order valence-electron chi connectivity index (χ3n) is 3.17. The maximum Gasteiger partial charge on any atom is 0.0897 e. The summed E-state index contributed by atoms with van der Waals surface area (Å²) in [7, 11) is 0. The van der Waals surface area contributed by atoms with Crippen molar-refractivity contribution in [3.05, 3.63) is 35.4 Å². The number of aryl methyl sites for hydroxylation is 1. The van der Waals surface area contributed by atoms with E-state index < -0.39 is 6.10 Å². The molecule has 3 nitrogen and oxygen atoms in total. The van der Waals surface area contributed by atoms with Gasteiger partial charge in [-0.25, -0.2) is 0 Å². The van der Waals surface area contributed by atoms with Gasteiger partial charge in [-0.05, 0) is 31.7 Å². The molecule has 20 heavy (non-hydrogen) atoms. The van der Waals surface area contributed by atoms with Gasteiger partial charge in [0.25, 0.3) is 0 Å². The number of ether oxygens (including phenoxy) is 1. The van der Waals surface area contributed by atoms with Crippen molar-refractivity contribution in [1.82, 2.24) is 5.32 Å². The number of aliphatic hydroxyl groups is 1. The van der Waals surface area contributed by atoms with Crippen molar-refractivity contribution in [3.8, 4) is 0 Å². The second-order valence-electron chi connectivity index (χ2n) is 6.05. The Hall–Kier alpha value is -0.900. The first kappa shape index (κ1) is 17.2. The fraction of sp³-hybridized carbons (Fsp3) is 0.647. The van der Waals surface area contributed by atoms with Crippen LogP contribution in [0.2, 0.25) is 0 Å². The lowest BCUT2D eigenvalue weighted by Crippen LogP contribution is -2.31. The number of rotatable bonds is 9. The molecule has 0 aliphatic rings. The van der Waals surface area contributed by atoms with Crippen LogP contribution < -0.4 is 5.32 Å². The van der Waals surface area contributed by atoms with Gasteiger partial charge in [0.1, 0.15) is 0 Å². The van der Waals surface area contributed by atoms with Crippen LogP contribution in [0.25, 0.3) is 0 Å². The minimum Gasteiger partial charge on any atom is -0.389 e. The quantitative estimate of drug-likeness (QED) is 0.730. The zero-order valence-electron chi connectivity index (χ0n) is 13.2. The summed E-state index contributed by atoms with van der Waals surface area (Å²) in [6.07, 6.45) is 0.791. The molecule has 0 spiro atoms. The second-order valence-corrected chi connectivity index (χ2v) is 6.05. The molecule has 2 N–H and O–H groups in total. The summed E-state index contributed by atoms with van der Waals surface area (Å²) in [5.41, 5.74) is 2.50. The third kappa shape index (κ3) is 7.63. The fourth-order valence-corrected chi connectivity index (χ4v) is 2.27. The molecular weight excluding hydrogens is 250 g/mol. The smallest absolute Gasteiger partial charge is 0.0897 e. The van der Waals surface area contributed by atoms with Crippen LogP contribution in [0.3, 0.4) is 0 Å². The van der Waals surface area contributed by atoms with Gasteiger partial charge in [0.2, 0.25) is 0 Å². The molecular formula is C17H29NO2. The highest BCUT2D eigenvalue weighted by molar-refractivity contribution is 5.21. The van der Waals surface area contributed by atoms with Crippen molar-refractivity contribution in [3.63, 3.8) is 0 Å². The van der Waals surface area contributed by atoms with Crippen LogP contribution in [-0.4, -0.2) is 30.5 Å². The number of hydrogen-bond acceptors (Lipinski definition) is 3. The van der Waals surface area contributed by atoms with Crippen LogP contribution >= 0.6 is 0 Å². The average molecular weight is 279 g/mol. The Morgan fingerprint density at radius 2 is 2.00 bits per heavy atom. The van der Waals surface area contributed by atoms with Crippen LogP contribution in [-0.2, 0) is 11.3 Å². The van der Waals surface area contributed by atoms with E-state index in [4.69, 9.17) is 4.74 Å². The van der Waals surface area contributed by atoms with Gasteiger partial charge in [-0.2, -0.15) is 0 Å². The predicted molar refractivity (Wildman–Crippen MR) is 83.8 cm³/mol. The van der Waals surface area contributed by atoms with Gasteiger partial charge in [-0.3, -0.25) is 0 Å². The topological polar surface area (TPSA) is 41.5 Å². The molecule has 0 aliphatic carbocycles. The Balaban J connectivity index is 2.15. The molecule has 0 bridgehead atoms. The predicted octanol–water partition coefficient (Wildman–Crippen LogP) is 2.90. The molecule has 0 aliphatic heterocycles. The Morgan fingerprint density at radius 3 is 2.65 bits per heavy atom. The second kappa shape index (κ2) is 9.11. The molecule has 0 radical (unpaired) electrons. The number of benzene rings is 1. The number of aliphatic hydroxyl groups excluding tert-OH is 1. The van der Waals surface area contributed by atoms with Crippen molar-refractivity contribution in [2.45, 2.75) is 52.9 Å². The summed E-state index contributed by atoms with van der Waals surface area (Å²) in [6.45, 7) is 10.2. The summed E-state index contributed by atoms with van der Waals surface area (Å²) in [4.78, 5) is 0. The molecule has 3 heteroatoms. The van der Waals surface area contributed by atoms with Crippen molar-refractivity contribution in [1.29, 1.82) is 0 Å². The van der Waals surface area contributed by atoms with E-state index in [2.05, 4.69) is 57.3 Å². The van der Waals surface area contributed by atoms with E-state index in [1.807, 2.05) is 0 Å². The largest absolute Gasteiger partial charge is 0.389 e. The molecule has 2 unspecified atom stereocenters. The van der Waals surface area contributed by atoms with Gasteiger partial charge >= 0.3 is 0 Å². The molecule has 0 saturated carbocycles. The fourth-order valence-electron chi connectivity index (χ4n) is 2.27. The van der Waals surface area contributed by atoms with E-state index in [-0.39, 0.29) is 6.10 Å². The standard InChI is InChI=1S/C17H29NO2/c1-13(2)8-15(4)20-12-17(19)11-18-10-16-7-5-6-14(3)9-16/h5-7,9,13,15,17-19H,8,10-12H2,1-4H3. The van der Waals surface area contributed by atoms with Crippen molar-refractivity contribution in [2.24, 2.45) is 5.92 Å².